The molecule has 2 heteroatoms. The Labute approximate surface area is 237 Å². The molecule has 0 aliphatic carbocycles. The Balaban J connectivity index is 1.34. The van der Waals surface area contributed by atoms with E-state index < -0.39 is 0 Å². The van der Waals surface area contributed by atoms with Gasteiger partial charge >= 0.3 is 0 Å². The van der Waals surface area contributed by atoms with Crippen LogP contribution in [0.15, 0.2) is 146 Å². The second-order valence-corrected chi connectivity index (χ2v) is 10.8. The summed E-state index contributed by atoms with van der Waals surface area (Å²) < 4.78 is 2.39. The lowest BCUT2D eigenvalue weighted by Crippen LogP contribution is -1.93. The van der Waals surface area contributed by atoms with Crippen LogP contribution in [0, 0.1) is 0 Å². The maximum atomic E-state index is 4.67. The minimum atomic E-state index is 1.00. The minimum Gasteiger partial charge on any atom is -0.309 e. The van der Waals surface area contributed by atoms with Gasteiger partial charge < -0.3 is 4.57 Å². The molecule has 0 unspecified atom stereocenters. The van der Waals surface area contributed by atoms with E-state index >= 15 is 0 Å². The fourth-order valence-electron chi connectivity index (χ4n) is 6.79. The number of aromatic nitrogens is 2. The van der Waals surface area contributed by atoms with Crippen LogP contribution in [0.5, 0.6) is 0 Å². The molecule has 2 aromatic heterocycles. The summed E-state index contributed by atoms with van der Waals surface area (Å²) >= 11 is 0. The fourth-order valence-corrected chi connectivity index (χ4v) is 6.79. The molecule has 0 saturated heterocycles. The van der Waals surface area contributed by atoms with Crippen molar-refractivity contribution >= 4 is 54.1 Å². The van der Waals surface area contributed by atoms with Crippen molar-refractivity contribution < 1.29 is 0 Å². The fraction of sp³-hybridized carbons (Fsp3) is 0. The van der Waals surface area contributed by atoms with Crippen LogP contribution in [0.3, 0.4) is 0 Å². The monoisotopic (exact) mass is 520 g/mol. The summed E-state index contributed by atoms with van der Waals surface area (Å²) in [7, 11) is 0. The van der Waals surface area contributed by atoms with Gasteiger partial charge in [-0.3, -0.25) is 4.98 Å². The summed E-state index contributed by atoms with van der Waals surface area (Å²) in [5.41, 5.74) is 8.27. The second-order valence-electron chi connectivity index (χ2n) is 10.8. The van der Waals surface area contributed by atoms with Gasteiger partial charge in [-0.15, -0.1) is 0 Å². The van der Waals surface area contributed by atoms with Gasteiger partial charge in [-0.2, -0.15) is 0 Å². The molecule has 7 aromatic carbocycles. The Morgan fingerprint density at radius 3 is 1.85 bits per heavy atom. The van der Waals surface area contributed by atoms with Crippen molar-refractivity contribution in [1.82, 2.24) is 9.55 Å². The Morgan fingerprint density at radius 1 is 0.439 bits per heavy atom. The van der Waals surface area contributed by atoms with Crippen molar-refractivity contribution in [3.63, 3.8) is 0 Å². The third-order valence-corrected chi connectivity index (χ3v) is 8.60. The van der Waals surface area contributed by atoms with Crippen LogP contribution in [0.4, 0.5) is 0 Å². The van der Waals surface area contributed by atoms with Gasteiger partial charge in [0.15, 0.2) is 0 Å². The Kier molecular flexibility index (Phi) is 4.64. The summed E-state index contributed by atoms with van der Waals surface area (Å²) in [6.45, 7) is 0. The lowest BCUT2D eigenvalue weighted by Gasteiger charge is -2.16. The highest BCUT2D eigenvalue weighted by Crippen LogP contribution is 2.43. The van der Waals surface area contributed by atoms with Crippen LogP contribution in [0.25, 0.3) is 82.2 Å². The SMILES string of the molecule is c1ccc(-n2c3ccccc3c3ccc(-c4ccc5ccc6c(-c7ccccn7)ccc7ccc4c5c76)cc32)cc1. The van der Waals surface area contributed by atoms with Gasteiger partial charge in [0.05, 0.1) is 16.7 Å². The van der Waals surface area contributed by atoms with Crippen molar-refractivity contribution in [3.05, 3.63) is 146 Å². The first-order valence-corrected chi connectivity index (χ1v) is 14.1. The molecule has 0 aliphatic heterocycles. The van der Waals surface area contributed by atoms with Crippen molar-refractivity contribution in [3.8, 4) is 28.1 Å². The Hall–Kier alpha value is -5.47. The molecule has 2 nitrogen and oxygen atoms in total. The lowest BCUT2D eigenvalue weighted by atomic mass is 9.88. The summed E-state index contributed by atoms with van der Waals surface area (Å²) in [4.78, 5) is 4.67. The van der Waals surface area contributed by atoms with E-state index in [1.54, 1.807) is 0 Å². The smallest absolute Gasteiger partial charge is 0.0708 e. The third-order valence-electron chi connectivity index (χ3n) is 8.60. The molecule has 2 heterocycles. The Morgan fingerprint density at radius 2 is 1.07 bits per heavy atom. The van der Waals surface area contributed by atoms with E-state index in [0.717, 1.165) is 5.69 Å². The molecule has 0 aliphatic rings. The van der Waals surface area contributed by atoms with Crippen LogP contribution >= 0.6 is 0 Å². The second kappa shape index (κ2) is 8.51. The van der Waals surface area contributed by atoms with Crippen molar-refractivity contribution in [2.24, 2.45) is 0 Å². The highest BCUT2D eigenvalue weighted by molar-refractivity contribution is 6.27. The van der Waals surface area contributed by atoms with Gasteiger partial charge in [0.25, 0.3) is 0 Å². The molecular formula is C39H24N2. The number of rotatable bonds is 3. The largest absolute Gasteiger partial charge is 0.309 e. The Bertz CT molecular complexity index is 2400. The van der Waals surface area contributed by atoms with Crippen LogP contribution in [0.2, 0.25) is 0 Å². The van der Waals surface area contributed by atoms with Crippen LogP contribution in [0.1, 0.15) is 0 Å². The summed E-state index contributed by atoms with van der Waals surface area (Å²) in [6, 6.07) is 50.6. The lowest BCUT2D eigenvalue weighted by molar-refractivity contribution is 1.18. The highest BCUT2D eigenvalue weighted by atomic mass is 15.0. The summed E-state index contributed by atoms with van der Waals surface area (Å²) in [6.07, 6.45) is 1.87. The van der Waals surface area contributed by atoms with E-state index in [0.29, 0.717) is 0 Å². The van der Waals surface area contributed by atoms with Crippen molar-refractivity contribution in [1.29, 1.82) is 0 Å². The van der Waals surface area contributed by atoms with Gasteiger partial charge in [-0.05, 0) is 79.8 Å². The topological polar surface area (TPSA) is 17.8 Å². The maximum absolute atomic E-state index is 4.67. The van der Waals surface area contributed by atoms with Gasteiger partial charge in [0.2, 0.25) is 0 Å². The normalized spacial score (nSPS) is 11.9. The first kappa shape index (κ1) is 22.4. The minimum absolute atomic E-state index is 1.00. The van der Waals surface area contributed by atoms with E-state index in [2.05, 4.69) is 143 Å². The van der Waals surface area contributed by atoms with Crippen LogP contribution in [-0.4, -0.2) is 9.55 Å². The summed E-state index contributed by atoms with van der Waals surface area (Å²) in [5.74, 6) is 0. The first-order valence-electron chi connectivity index (χ1n) is 14.1. The predicted molar refractivity (Wildman–Crippen MR) is 173 cm³/mol. The molecule has 0 spiro atoms. The average molecular weight is 521 g/mol. The summed E-state index contributed by atoms with van der Waals surface area (Å²) in [5, 5.41) is 10.2. The molecule has 9 rings (SSSR count). The number of hydrogen-bond acceptors (Lipinski definition) is 1. The van der Waals surface area contributed by atoms with Crippen molar-refractivity contribution in [2.75, 3.05) is 0 Å². The molecule has 190 valence electrons. The van der Waals surface area contributed by atoms with Gasteiger partial charge in [-0.25, -0.2) is 0 Å². The predicted octanol–water partition coefficient (Wildman–Crippen LogP) is 10.4. The van der Waals surface area contributed by atoms with E-state index in [4.69, 9.17) is 0 Å². The molecule has 0 radical (unpaired) electrons. The molecule has 0 amide bonds. The van der Waals surface area contributed by atoms with Gasteiger partial charge in [-0.1, -0.05) is 103 Å². The van der Waals surface area contributed by atoms with Crippen LogP contribution in [-0.2, 0) is 0 Å². The molecule has 0 N–H and O–H groups in total. The van der Waals surface area contributed by atoms with E-state index in [9.17, 15) is 0 Å². The first-order chi connectivity index (χ1) is 20.3. The molecule has 0 saturated carbocycles. The molecule has 0 atom stereocenters. The van der Waals surface area contributed by atoms with Gasteiger partial charge in [0.1, 0.15) is 0 Å². The average Bonchev–Trinajstić information content (AvgIpc) is 3.38. The zero-order chi connectivity index (χ0) is 26.9. The molecule has 0 bridgehead atoms. The maximum Gasteiger partial charge on any atom is 0.0708 e. The number of hydrogen-bond donors (Lipinski definition) is 0. The van der Waals surface area contributed by atoms with E-state index in [1.807, 2.05) is 12.3 Å². The number of pyridine rings is 1. The number of nitrogens with zero attached hydrogens (tertiary/aromatic N) is 2. The highest BCUT2D eigenvalue weighted by Gasteiger charge is 2.17. The van der Waals surface area contributed by atoms with Crippen molar-refractivity contribution in [2.45, 2.75) is 0 Å². The number of benzene rings is 7. The molecular weight excluding hydrogens is 496 g/mol. The standard InChI is InChI=1S/C39H24N2/c1-2-8-28(9-3-1)41-36-12-5-4-10-31(36)32-20-17-27(24-37(32)41)29-18-13-25-16-22-34-30(35-11-6-7-23-40-35)19-14-26-15-21-33(29)38(25)39(26)34/h1-24H. The molecule has 0 fully saturated rings. The zero-order valence-corrected chi connectivity index (χ0v) is 22.3. The number of para-hydroxylation sites is 2. The van der Waals surface area contributed by atoms with Crippen LogP contribution < -0.4 is 0 Å². The third kappa shape index (κ3) is 3.22. The quantitative estimate of drug-likeness (QED) is 0.212. The molecule has 9 aromatic rings. The van der Waals surface area contributed by atoms with Gasteiger partial charge in [0, 0.05) is 28.2 Å². The van der Waals surface area contributed by atoms with E-state index in [1.165, 1.54) is 76.5 Å². The molecule has 41 heavy (non-hydrogen) atoms. The zero-order valence-electron chi connectivity index (χ0n) is 22.3. The number of fused-ring (bicyclic) bond motifs is 3. The van der Waals surface area contributed by atoms with E-state index in [-0.39, 0.29) is 0 Å².